The summed E-state index contributed by atoms with van der Waals surface area (Å²) in [6, 6.07) is 0. The number of aliphatic carboxylic acids is 2. The Morgan fingerprint density at radius 3 is 1.28 bits per heavy atom. The Balaban J connectivity index is 3.64. The van der Waals surface area contributed by atoms with Crippen LogP contribution in [0.2, 0.25) is 0 Å². The minimum Gasteiger partial charge on any atom is -0.481 e. The number of hydrogen-bond donors (Lipinski definition) is 2. The third kappa shape index (κ3) is 1.59. The van der Waals surface area contributed by atoms with Gasteiger partial charge in [-0.25, -0.2) is 0 Å². The molecule has 0 aliphatic heterocycles. The summed E-state index contributed by atoms with van der Waals surface area (Å²) in [7, 11) is 0. The van der Waals surface area contributed by atoms with E-state index in [4.69, 9.17) is 0 Å². The normalized spacial score (nSPS) is 31.0. The molecule has 1 aliphatic carbocycles. The van der Waals surface area contributed by atoms with Crippen LogP contribution < -0.4 is 0 Å². The fourth-order valence-electron chi connectivity index (χ4n) is 3.02. The van der Waals surface area contributed by atoms with E-state index in [1.165, 1.54) is 12.2 Å². The van der Waals surface area contributed by atoms with Crippen molar-refractivity contribution in [3.63, 3.8) is 0 Å². The lowest BCUT2D eigenvalue weighted by Crippen LogP contribution is -2.57. The number of hydrogen-bond acceptors (Lipinski definition) is 2. The Morgan fingerprint density at radius 1 is 0.833 bits per heavy atom. The van der Waals surface area contributed by atoms with Gasteiger partial charge in [-0.2, -0.15) is 0 Å². The largest absolute Gasteiger partial charge is 0.481 e. The highest BCUT2D eigenvalue weighted by Crippen LogP contribution is 2.54. The smallest absolute Gasteiger partial charge is 0.315 e. The molecule has 0 spiro atoms. The fourth-order valence-corrected chi connectivity index (χ4v) is 3.02. The van der Waals surface area contributed by atoms with Crippen molar-refractivity contribution in [1.82, 2.24) is 0 Å². The second kappa shape index (κ2) is 4.59. The maximum absolute atomic E-state index is 11.8. The molecule has 1 rings (SSSR count). The predicted octanol–water partition coefficient (Wildman–Crippen LogP) is 2.57. The van der Waals surface area contributed by atoms with Crippen LogP contribution in [0.5, 0.6) is 0 Å². The van der Waals surface area contributed by atoms with E-state index in [0.29, 0.717) is 0 Å². The zero-order valence-electron chi connectivity index (χ0n) is 11.2. The van der Waals surface area contributed by atoms with E-state index in [-0.39, 0.29) is 11.8 Å². The zero-order valence-corrected chi connectivity index (χ0v) is 11.2. The summed E-state index contributed by atoms with van der Waals surface area (Å²) >= 11 is 0. The van der Waals surface area contributed by atoms with Gasteiger partial charge in [0.2, 0.25) is 0 Å². The van der Waals surface area contributed by atoms with Gasteiger partial charge in [0.1, 0.15) is 10.8 Å². The van der Waals surface area contributed by atoms with Crippen LogP contribution in [-0.4, -0.2) is 22.2 Å². The van der Waals surface area contributed by atoms with Crippen LogP contribution >= 0.6 is 0 Å². The van der Waals surface area contributed by atoms with Crippen LogP contribution in [0.25, 0.3) is 0 Å². The first-order valence-corrected chi connectivity index (χ1v) is 6.07. The van der Waals surface area contributed by atoms with Crippen molar-refractivity contribution in [2.45, 2.75) is 27.7 Å². The van der Waals surface area contributed by atoms with E-state index in [1.807, 2.05) is 0 Å². The molecule has 0 fully saturated rings. The second-order valence-corrected chi connectivity index (χ2v) is 5.38. The monoisotopic (exact) mass is 252 g/mol. The van der Waals surface area contributed by atoms with Crippen molar-refractivity contribution < 1.29 is 19.8 Å². The summed E-state index contributed by atoms with van der Waals surface area (Å²) in [5.41, 5.74) is -2.83. The number of rotatable bonds is 4. The van der Waals surface area contributed by atoms with E-state index < -0.39 is 22.8 Å². The van der Waals surface area contributed by atoms with E-state index in [2.05, 4.69) is 0 Å². The molecule has 2 N–H and O–H groups in total. The summed E-state index contributed by atoms with van der Waals surface area (Å²) in [6.07, 6.45) is 6.29. The second-order valence-electron chi connectivity index (χ2n) is 5.38. The predicted molar refractivity (Wildman–Crippen MR) is 68.1 cm³/mol. The van der Waals surface area contributed by atoms with Gasteiger partial charge in [-0.1, -0.05) is 52.0 Å². The molecule has 18 heavy (non-hydrogen) atoms. The molecular weight excluding hydrogens is 232 g/mol. The third-order valence-electron chi connectivity index (χ3n) is 4.04. The number of carboxylic acid groups (broad SMARTS) is 2. The van der Waals surface area contributed by atoms with Crippen molar-refractivity contribution in [3.8, 4) is 0 Å². The molecule has 0 saturated heterocycles. The van der Waals surface area contributed by atoms with Gasteiger partial charge < -0.3 is 10.2 Å². The molecule has 0 radical (unpaired) electrons. The first kappa shape index (κ1) is 14.5. The average Bonchev–Trinajstić information content (AvgIpc) is 2.27. The van der Waals surface area contributed by atoms with Crippen LogP contribution in [0.4, 0.5) is 0 Å². The standard InChI is InChI=1S/C14H20O4/c1-9(2)13(11(15)16)7-5-6-8-14(13,10(3)4)12(17)18/h5-10H,1-4H3,(H,15,16)(H,17,18). The summed E-state index contributed by atoms with van der Waals surface area (Å²) < 4.78 is 0. The molecule has 4 nitrogen and oxygen atoms in total. The lowest BCUT2D eigenvalue weighted by atomic mass is 9.52. The molecule has 0 aromatic heterocycles. The van der Waals surface area contributed by atoms with Crippen molar-refractivity contribution in [2.24, 2.45) is 22.7 Å². The molecule has 0 heterocycles. The Hall–Kier alpha value is -1.58. The van der Waals surface area contributed by atoms with Gasteiger partial charge in [0.05, 0.1) is 0 Å². The van der Waals surface area contributed by atoms with Gasteiger partial charge in [-0.3, -0.25) is 9.59 Å². The first-order valence-electron chi connectivity index (χ1n) is 6.07. The van der Waals surface area contributed by atoms with Crippen LogP contribution in [0.15, 0.2) is 24.3 Å². The Kier molecular flexibility index (Phi) is 3.70. The van der Waals surface area contributed by atoms with E-state index >= 15 is 0 Å². The van der Waals surface area contributed by atoms with Crippen molar-refractivity contribution in [2.75, 3.05) is 0 Å². The van der Waals surface area contributed by atoms with Crippen LogP contribution in [0, 0.1) is 22.7 Å². The van der Waals surface area contributed by atoms with Gasteiger partial charge in [0, 0.05) is 0 Å². The van der Waals surface area contributed by atoms with Crippen LogP contribution in [-0.2, 0) is 9.59 Å². The molecule has 0 bridgehead atoms. The highest BCUT2D eigenvalue weighted by molar-refractivity contribution is 5.91. The van der Waals surface area contributed by atoms with E-state index in [9.17, 15) is 19.8 Å². The SMILES string of the molecule is CC(C)C1(C(=O)O)C=CC=CC1(C(=O)O)C(C)C. The third-order valence-corrected chi connectivity index (χ3v) is 4.04. The maximum Gasteiger partial charge on any atom is 0.315 e. The highest BCUT2D eigenvalue weighted by atomic mass is 16.4. The minimum atomic E-state index is -1.41. The topological polar surface area (TPSA) is 74.6 Å². The molecule has 0 saturated carbocycles. The molecule has 2 atom stereocenters. The van der Waals surface area contributed by atoms with Crippen molar-refractivity contribution >= 4 is 11.9 Å². The molecule has 1 aliphatic rings. The lowest BCUT2D eigenvalue weighted by molar-refractivity contribution is -0.173. The summed E-state index contributed by atoms with van der Waals surface area (Å²) in [6.45, 7) is 6.99. The lowest BCUT2D eigenvalue weighted by Gasteiger charge is -2.48. The quantitative estimate of drug-likeness (QED) is 0.806. The minimum absolute atomic E-state index is 0.324. The van der Waals surface area contributed by atoms with Crippen LogP contribution in [0.1, 0.15) is 27.7 Å². The number of carbonyl (C=O) groups is 2. The molecule has 0 amide bonds. The molecule has 100 valence electrons. The zero-order chi connectivity index (χ0) is 14.1. The van der Waals surface area contributed by atoms with Gasteiger partial charge in [0.15, 0.2) is 0 Å². The molecule has 2 unspecified atom stereocenters. The average molecular weight is 252 g/mol. The van der Waals surface area contributed by atoms with E-state index in [1.54, 1.807) is 39.8 Å². The first-order chi connectivity index (χ1) is 8.23. The Morgan fingerprint density at radius 2 is 1.11 bits per heavy atom. The van der Waals surface area contributed by atoms with Gasteiger partial charge >= 0.3 is 11.9 Å². The highest BCUT2D eigenvalue weighted by Gasteiger charge is 2.62. The Bertz CT molecular complexity index is 380. The summed E-state index contributed by atoms with van der Waals surface area (Å²) in [5.74, 6) is -2.83. The number of carboxylic acids is 2. The van der Waals surface area contributed by atoms with Gasteiger partial charge in [0.25, 0.3) is 0 Å². The fraction of sp³-hybridized carbons (Fsp3) is 0.571. The molecule has 4 heteroatoms. The maximum atomic E-state index is 11.8. The van der Waals surface area contributed by atoms with Crippen molar-refractivity contribution in [3.05, 3.63) is 24.3 Å². The van der Waals surface area contributed by atoms with Gasteiger partial charge in [-0.05, 0) is 11.8 Å². The van der Waals surface area contributed by atoms with Crippen molar-refractivity contribution in [1.29, 1.82) is 0 Å². The molecular formula is C14H20O4. The number of allylic oxidation sites excluding steroid dienone is 2. The van der Waals surface area contributed by atoms with Gasteiger partial charge in [-0.15, -0.1) is 0 Å². The van der Waals surface area contributed by atoms with E-state index in [0.717, 1.165) is 0 Å². The summed E-state index contributed by atoms with van der Waals surface area (Å²) in [5, 5.41) is 19.3. The van der Waals surface area contributed by atoms with Crippen LogP contribution in [0.3, 0.4) is 0 Å². The Labute approximate surface area is 107 Å². The summed E-state index contributed by atoms with van der Waals surface area (Å²) in [4.78, 5) is 23.6. The molecule has 0 aromatic carbocycles. The molecule has 0 aromatic rings.